The van der Waals surface area contributed by atoms with Crippen LogP contribution in [0.3, 0.4) is 0 Å². The van der Waals surface area contributed by atoms with Gasteiger partial charge in [0.2, 0.25) is 0 Å². The molecule has 0 spiro atoms. The smallest absolute Gasteiger partial charge is 0.126 e. The second-order valence-electron chi connectivity index (χ2n) is 4.30. The second kappa shape index (κ2) is 6.51. The maximum absolute atomic E-state index is 9.89. The van der Waals surface area contributed by atoms with Crippen LogP contribution in [0.4, 0.5) is 0 Å². The Kier molecular flexibility index (Phi) is 5.29. The number of rotatable bonds is 7. The minimum absolute atomic E-state index is 0.604. The molecule has 0 amide bonds. The van der Waals surface area contributed by atoms with E-state index in [0.29, 0.717) is 6.54 Å². The van der Waals surface area contributed by atoms with Gasteiger partial charge >= 0.3 is 0 Å². The number of aliphatic hydroxyl groups is 1. The van der Waals surface area contributed by atoms with E-state index in [2.05, 4.69) is 12.2 Å². The van der Waals surface area contributed by atoms with Crippen LogP contribution in [0.5, 0.6) is 0 Å². The molecule has 0 radical (unpaired) electrons. The maximum atomic E-state index is 9.89. The first-order chi connectivity index (χ1) is 7.64. The van der Waals surface area contributed by atoms with E-state index in [1.807, 2.05) is 31.2 Å². The van der Waals surface area contributed by atoms with Gasteiger partial charge in [0.25, 0.3) is 0 Å². The van der Waals surface area contributed by atoms with Crippen molar-refractivity contribution in [2.75, 3.05) is 13.1 Å². The van der Waals surface area contributed by atoms with Gasteiger partial charge in [0, 0.05) is 13.1 Å². The Morgan fingerprint density at radius 1 is 1.56 bits per heavy atom. The average Bonchev–Trinajstić information content (AvgIpc) is 2.69. The molecule has 0 aliphatic heterocycles. The molecule has 1 unspecified atom stereocenters. The predicted molar refractivity (Wildman–Crippen MR) is 66.1 cm³/mol. The summed E-state index contributed by atoms with van der Waals surface area (Å²) in [7, 11) is 0. The van der Waals surface area contributed by atoms with E-state index in [1.54, 1.807) is 6.26 Å². The highest BCUT2D eigenvalue weighted by molar-refractivity contribution is 5.42. The summed E-state index contributed by atoms with van der Waals surface area (Å²) < 4.78 is 5.16. The van der Waals surface area contributed by atoms with Gasteiger partial charge in [-0.1, -0.05) is 19.4 Å². The molecule has 16 heavy (non-hydrogen) atoms. The molecule has 1 heterocycles. The summed E-state index contributed by atoms with van der Waals surface area (Å²) in [5.74, 6) is 0.849. The van der Waals surface area contributed by atoms with E-state index in [1.165, 1.54) is 0 Å². The van der Waals surface area contributed by atoms with Gasteiger partial charge in [-0.15, -0.1) is 0 Å². The van der Waals surface area contributed by atoms with Crippen LogP contribution < -0.4 is 5.32 Å². The van der Waals surface area contributed by atoms with Crippen molar-refractivity contribution in [1.82, 2.24) is 5.32 Å². The standard InChI is InChI=1S/C13H21NO2/c1-3-8-13(2,15)11-14-9-4-6-12-7-5-10-16-12/h4-7,10,14-15H,3,8-9,11H2,1-2H3/b6-4+. The SMILES string of the molecule is CCCC(C)(O)CNC/C=C/c1ccco1. The van der Waals surface area contributed by atoms with Crippen molar-refractivity contribution < 1.29 is 9.52 Å². The molecule has 0 aliphatic rings. The number of nitrogens with one attached hydrogen (secondary N) is 1. The van der Waals surface area contributed by atoms with Gasteiger partial charge in [-0.3, -0.25) is 0 Å². The lowest BCUT2D eigenvalue weighted by Crippen LogP contribution is -2.37. The Morgan fingerprint density at radius 3 is 3.00 bits per heavy atom. The van der Waals surface area contributed by atoms with E-state index in [4.69, 9.17) is 4.42 Å². The highest BCUT2D eigenvalue weighted by Crippen LogP contribution is 2.09. The Bertz CT molecular complexity index is 302. The molecule has 90 valence electrons. The van der Waals surface area contributed by atoms with Crippen LogP contribution in [0.15, 0.2) is 28.9 Å². The highest BCUT2D eigenvalue weighted by atomic mass is 16.3. The molecule has 0 aliphatic carbocycles. The maximum Gasteiger partial charge on any atom is 0.126 e. The third-order valence-corrected chi connectivity index (χ3v) is 2.38. The first kappa shape index (κ1) is 13.0. The summed E-state index contributed by atoms with van der Waals surface area (Å²) in [5, 5.41) is 13.1. The number of hydrogen-bond acceptors (Lipinski definition) is 3. The monoisotopic (exact) mass is 223 g/mol. The lowest BCUT2D eigenvalue weighted by molar-refractivity contribution is 0.0511. The fraction of sp³-hybridized carbons (Fsp3) is 0.538. The Labute approximate surface area is 97.2 Å². The topological polar surface area (TPSA) is 45.4 Å². The molecular formula is C13H21NO2. The van der Waals surface area contributed by atoms with Crippen molar-refractivity contribution >= 4 is 6.08 Å². The number of hydrogen-bond donors (Lipinski definition) is 2. The summed E-state index contributed by atoms with van der Waals surface area (Å²) in [6, 6.07) is 3.77. The predicted octanol–water partition coefficient (Wildman–Crippen LogP) is 2.43. The van der Waals surface area contributed by atoms with Crippen LogP contribution in [-0.2, 0) is 0 Å². The normalized spacial score (nSPS) is 15.4. The van der Waals surface area contributed by atoms with Gasteiger partial charge in [-0.25, -0.2) is 0 Å². The third-order valence-electron chi connectivity index (χ3n) is 2.38. The molecule has 0 bridgehead atoms. The molecule has 0 aromatic carbocycles. The summed E-state index contributed by atoms with van der Waals surface area (Å²) in [6.07, 6.45) is 7.38. The Balaban J connectivity index is 2.16. The van der Waals surface area contributed by atoms with E-state index < -0.39 is 5.60 Å². The van der Waals surface area contributed by atoms with Crippen LogP contribution in [0.1, 0.15) is 32.4 Å². The molecule has 1 atom stereocenters. The fourth-order valence-corrected chi connectivity index (χ4v) is 1.61. The zero-order valence-corrected chi connectivity index (χ0v) is 10.1. The molecule has 0 saturated carbocycles. The fourth-order valence-electron chi connectivity index (χ4n) is 1.61. The molecule has 0 fully saturated rings. The van der Waals surface area contributed by atoms with Gasteiger partial charge in [0.1, 0.15) is 5.76 Å². The molecule has 3 nitrogen and oxygen atoms in total. The van der Waals surface area contributed by atoms with Crippen LogP contribution in [-0.4, -0.2) is 23.8 Å². The summed E-state index contributed by atoms with van der Waals surface area (Å²) >= 11 is 0. The zero-order chi connectivity index (χ0) is 11.9. The average molecular weight is 223 g/mol. The van der Waals surface area contributed by atoms with Crippen molar-refractivity contribution in [3.63, 3.8) is 0 Å². The van der Waals surface area contributed by atoms with Crippen molar-refractivity contribution in [3.8, 4) is 0 Å². The molecular weight excluding hydrogens is 202 g/mol. The van der Waals surface area contributed by atoms with Gasteiger partial charge in [-0.05, 0) is 31.6 Å². The van der Waals surface area contributed by atoms with Gasteiger partial charge in [-0.2, -0.15) is 0 Å². The summed E-state index contributed by atoms with van der Waals surface area (Å²) in [6.45, 7) is 5.29. The Hall–Kier alpha value is -1.06. The van der Waals surface area contributed by atoms with Crippen molar-refractivity contribution in [3.05, 3.63) is 30.2 Å². The minimum atomic E-state index is -0.604. The van der Waals surface area contributed by atoms with Crippen molar-refractivity contribution in [1.29, 1.82) is 0 Å². The third kappa shape index (κ3) is 5.14. The van der Waals surface area contributed by atoms with E-state index in [-0.39, 0.29) is 0 Å². The van der Waals surface area contributed by atoms with Crippen LogP contribution in [0.25, 0.3) is 6.08 Å². The number of furan rings is 1. The first-order valence-corrected chi connectivity index (χ1v) is 5.77. The van der Waals surface area contributed by atoms with Gasteiger partial charge < -0.3 is 14.8 Å². The lowest BCUT2D eigenvalue weighted by Gasteiger charge is -2.22. The first-order valence-electron chi connectivity index (χ1n) is 5.77. The molecule has 1 aromatic heterocycles. The van der Waals surface area contributed by atoms with Crippen LogP contribution in [0.2, 0.25) is 0 Å². The van der Waals surface area contributed by atoms with Crippen LogP contribution >= 0.6 is 0 Å². The molecule has 1 rings (SSSR count). The molecule has 0 saturated heterocycles. The Morgan fingerprint density at radius 2 is 2.38 bits per heavy atom. The summed E-state index contributed by atoms with van der Waals surface area (Å²) in [5.41, 5.74) is -0.604. The second-order valence-corrected chi connectivity index (χ2v) is 4.30. The van der Waals surface area contributed by atoms with E-state index in [0.717, 1.165) is 25.1 Å². The van der Waals surface area contributed by atoms with Crippen molar-refractivity contribution in [2.45, 2.75) is 32.3 Å². The van der Waals surface area contributed by atoms with Gasteiger partial charge in [0.05, 0.1) is 11.9 Å². The van der Waals surface area contributed by atoms with Crippen molar-refractivity contribution in [2.24, 2.45) is 0 Å². The largest absolute Gasteiger partial charge is 0.465 e. The van der Waals surface area contributed by atoms with Crippen LogP contribution in [0, 0.1) is 0 Å². The molecule has 1 aromatic rings. The minimum Gasteiger partial charge on any atom is -0.465 e. The summed E-state index contributed by atoms with van der Waals surface area (Å²) in [4.78, 5) is 0. The quantitative estimate of drug-likeness (QED) is 0.698. The molecule has 2 N–H and O–H groups in total. The van der Waals surface area contributed by atoms with Gasteiger partial charge in [0.15, 0.2) is 0 Å². The zero-order valence-electron chi connectivity index (χ0n) is 10.1. The molecule has 3 heteroatoms. The van der Waals surface area contributed by atoms with E-state index >= 15 is 0 Å². The highest BCUT2D eigenvalue weighted by Gasteiger charge is 2.17. The lowest BCUT2D eigenvalue weighted by atomic mass is 10.0. The van der Waals surface area contributed by atoms with E-state index in [9.17, 15) is 5.11 Å².